The van der Waals surface area contributed by atoms with Gasteiger partial charge in [-0.05, 0) is 25.2 Å². The Morgan fingerprint density at radius 1 is 1.50 bits per heavy atom. The molecule has 2 rings (SSSR count). The average Bonchev–Trinajstić information content (AvgIpc) is 3.06. The van der Waals surface area contributed by atoms with Crippen molar-refractivity contribution in [1.29, 1.82) is 0 Å². The monoisotopic (exact) mass is 278 g/mol. The van der Waals surface area contributed by atoms with Crippen molar-refractivity contribution < 1.29 is 9.21 Å². The Bertz CT molecular complexity index is 453. The molecule has 0 aromatic carbocycles. The lowest BCUT2D eigenvalue weighted by Crippen LogP contribution is -2.34. The molecule has 2 heterocycles. The van der Waals surface area contributed by atoms with Crippen molar-refractivity contribution in [3.05, 3.63) is 17.8 Å². The molecule has 0 bridgehead atoms. The van der Waals surface area contributed by atoms with E-state index in [0.717, 1.165) is 37.9 Å². The SMILES string of the molecule is CCCC(C)C(=O)N1CCC[C@H]1c1nc(C(C)C)co1. The van der Waals surface area contributed by atoms with Crippen molar-refractivity contribution in [3.8, 4) is 0 Å². The second-order valence-electron chi connectivity index (χ2n) is 6.14. The molecule has 2 atom stereocenters. The minimum Gasteiger partial charge on any atom is -0.446 e. The van der Waals surface area contributed by atoms with E-state index >= 15 is 0 Å². The number of carbonyl (C=O) groups excluding carboxylic acids is 1. The van der Waals surface area contributed by atoms with Gasteiger partial charge in [0.05, 0.1) is 5.69 Å². The summed E-state index contributed by atoms with van der Waals surface area (Å²) in [5.74, 6) is 1.42. The zero-order chi connectivity index (χ0) is 14.7. The summed E-state index contributed by atoms with van der Waals surface area (Å²) in [7, 11) is 0. The van der Waals surface area contributed by atoms with Crippen LogP contribution >= 0.6 is 0 Å². The van der Waals surface area contributed by atoms with Crippen LogP contribution in [0.3, 0.4) is 0 Å². The van der Waals surface area contributed by atoms with Crippen LogP contribution in [0.25, 0.3) is 0 Å². The first kappa shape index (κ1) is 15.1. The standard InChI is InChI=1S/C16H26N2O2/c1-5-7-12(4)16(19)18-9-6-8-14(18)15-17-13(10-20-15)11(2)3/h10-12,14H,5-9H2,1-4H3/t12?,14-/m0/s1. The van der Waals surface area contributed by atoms with Gasteiger partial charge >= 0.3 is 0 Å². The first-order valence-electron chi connectivity index (χ1n) is 7.80. The van der Waals surface area contributed by atoms with E-state index in [-0.39, 0.29) is 17.9 Å². The molecule has 4 nitrogen and oxygen atoms in total. The van der Waals surface area contributed by atoms with E-state index < -0.39 is 0 Å². The highest BCUT2D eigenvalue weighted by Crippen LogP contribution is 2.33. The molecule has 0 N–H and O–H groups in total. The van der Waals surface area contributed by atoms with E-state index in [1.807, 2.05) is 11.8 Å². The van der Waals surface area contributed by atoms with E-state index in [9.17, 15) is 4.79 Å². The van der Waals surface area contributed by atoms with Crippen LogP contribution < -0.4 is 0 Å². The molecular weight excluding hydrogens is 252 g/mol. The molecule has 0 aliphatic carbocycles. The summed E-state index contributed by atoms with van der Waals surface area (Å²) in [5, 5.41) is 0. The molecule has 0 spiro atoms. The van der Waals surface area contributed by atoms with Crippen LogP contribution in [0.5, 0.6) is 0 Å². The first-order chi connectivity index (χ1) is 9.54. The lowest BCUT2D eigenvalue weighted by molar-refractivity contribution is -0.136. The maximum Gasteiger partial charge on any atom is 0.226 e. The maximum atomic E-state index is 12.5. The largest absolute Gasteiger partial charge is 0.446 e. The van der Waals surface area contributed by atoms with E-state index in [1.54, 1.807) is 6.26 Å². The zero-order valence-corrected chi connectivity index (χ0v) is 13.1. The number of carbonyl (C=O) groups is 1. The van der Waals surface area contributed by atoms with Crippen LogP contribution in [0.1, 0.15) is 76.9 Å². The Balaban J connectivity index is 2.12. The van der Waals surface area contributed by atoms with Crippen LogP contribution in [0, 0.1) is 5.92 Å². The second-order valence-corrected chi connectivity index (χ2v) is 6.14. The summed E-state index contributed by atoms with van der Waals surface area (Å²) in [5.41, 5.74) is 0.973. The minimum atomic E-state index is 0.0364. The van der Waals surface area contributed by atoms with Gasteiger partial charge in [-0.25, -0.2) is 4.98 Å². The number of oxazole rings is 1. The summed E-state index contributed by atoms with van der Waals surface area (Å²) >= 11 is 0. The summed E-state index contributed by atoms with van der Waals surface area (Å²) in [6, 6.07) is 0.0364. The van der Waals surface area contributed by atoms with E-state index in [0.29, 0.717) is 11.8 Å². The van der Waals surface area contributed by atoms with Crippen LogP contribution in [-0.4, -0.2) is 22.3 Å². The Labute approximate surface area is 121 Å². The number of aromatic nitrogens is 1. The Morgan fingerprint density at radius 2 is 2.25 bits per heavy atom. The van der Waals surface area contributed by atoms with Gasteiger partial charge in [-0.3, -0.25) is 4.79 Å². The number of hydrogen-bond acceptors (Lipinski definition) is 3. The molecule has 1 aliphatic heterocycles. The van der Waals surface area contributed by atoms with Gasteiger partial charge < -0.3 is 9.32 Å². The molecule has 1 saturated heterocycles. The number of likely N-dealkylation sites (tertiary alicyclic amines) is 1. The number of amides is 1. The Morgan fingerprint density at radius 3 is 2.85 bits per heavy atom. The zero-order valence-electron chi connectivity index (χ0n) is 13.1. The molecule has 1 aromatic heterocycles. The van der Waals surface area contributed by atoms with Gasteiger partial charge in [-0.15, -0.1) is 0 Å². The summed E-state index contributed by atoms with van der Waals surface area (Å²) in [4.78, 5) is 19.1. The van der Waals surface area contributed by atoms with Crippen molar-refractivity contribution in [3.63, 3.8) is 0 Å². The third-order valence-electron chi connectivity index (χ3n) is 4.10. The fourth-order valence-electron chi connectivity index (χ4n) is 2.85. The van der Waals surface area contributed by atoms with Gasteiger partial charge in [0, 0.05) is 12.5 Å². The van der Waals surface area contributed by atoms with Crippen molar-refractivity contribution >= 4 is 5.91 Å². The molecule has 1 unspecified atom stereocenters. The van der Waals surface area contributed by atoms with Crippen LogP contribution in [-0.2, 0) is 4.79 Å². The number of hydrogen-bond donors (Lipinski definition) is 0. The lowest BCUT2D eigenvalue weighted by Gasteiger charge is -2.25. The van der Waals surface area contributed by atoms with Crippen LogP contribution in [0.4, 0.5) is 0 Å². The van der Waals surface area contributed by atoms with Gasteiger partial charge in [0.25, 0.3) is 0 Å². The van der Waals surface area contributed by atoms with Crippen molar-refractivity contribution in [2.45, 2.75) is 65.3 Å². The highest BCUT2D eigenvalue weighted by atomic mass is 16.3. The smallest absolute Gasteiger partial charge is 0.226 e. The molecule has 4 heteroatoms. The predicted molar refractivity (Wildman–Crippen MR) is 78.4 cm³/mol. The normalized spacial score (nSPS) is 20.6. The second kappa shape index (κ2) is 6.42. The summed E-state index contributed by atoms with van der Waals surface area (Å²) in [6.07, 6.45) is 5.72. The van der Waals surface area contributed by atoms with E-state index in [1.165, 1.54) is 0 Å². The van der Waals surface area contributed by atoms with Crippen LogP contribution in [0.15, 0.2) is 10.7 Å². The molecule has 1 aliphatic rings. The maximum absolute atomic E-state index is 12.5. The third kappa shape index (κ3) is 3.05. The van der Waals surface area contributed by atoms with Gasteiger partial charge in [0.15, 0.2) is 0 Å². The fourth-order valence-corrected chi connectivity index (χ4v) is 2.85. The van der Waals surface area contributed by atoms with Crippen molar-refractivity contribution in [1.82, 2.24) is 9.88 Å². The number of rotatable bonds is 5. The summed E-state index contributed by atoms with van der Waals surface area (Å²) < 4.78 is 5.62. The van der Waals surface area contributed by atoms with Crippen molar-refractivity contribution in [2.24, 2.45) is 5.92 Å². The first-order valence-corrected chi connectivity index (χ1v) is 7.80. The quantitative estimate of drug-likeness (QED) is 0.820. The van der Waals surface area contributed by atoms with Crippen LogP contribution in [0.2, 0.25) is 0 Å². The van der Waals surface area contributed by atoms with Gasteiger partial charge in [0.2, 0.25) is 11.8 Å². The van der Waals surface area contributed by atoms with Gasteiger partial charge in [-0.2, -0.15) is 0 Å². The molecule has 0 saturated carbocycles. The van der Waals surface area contributed by atoms with E-state index in [4.69, 9.17) is 4.42 Å². The molecular formula is C16H26N2O2. The Hall–Kier alpha value is -1.32. The Kier molecular flexibility index (Phi) is 4.84. The van der Waals surface area contributed by atoms with E-state index in [2.05, 4.69) is 25.8 Å². The lowest BCUT2D eigenvalue weighted by atomic mass is 10.0. The highest BCUT2D eigenvalue weighted by molar-refractivity contribution is 5.79. The van der Waals surface area contributed by atoms with Gasteiger partial charge in [-0.1, -0.05) is 34.1 Å². The van der Waals surface area contributed by atoms with Crippen molar-refractivity contribution in [2.75, 3.05) is 6.54 Å². The molecule has 1 fully saturated rings. The number of nitrogens with zero attached hydrogens (tertiary/aromatic N) is 2. The average molecular weight is 278 g/mol. The summed E-state index contributed by atoms with van der Waals surface area (Å²) in [6.45, 7) is 9.17. The molecule has 1 aromatic rings. The fraction of sp³-hybridized carbons (Fsp3) is 0.750. The topological polar surface area (TPSA) is 46.3 Å². The minimum absolute atomic E-state index is 0.0364. The third-order valence-corrected chi connectivity index (χ3v) is 4.10. The molecule has 20 heavy (non-hydrogen) atoms. The predicted octanol–water partition coefficient (Wildman–Crippen LogP) is 3.90. The van der Waals surface area contributed by atoms with Gasteiger partial charge in [0.1, 0.15) is 12.3 Å². The molecule has 0 radical (unpaired) electrons. The molecule has 112 valence electrons. The molecule has 1 amide bonds. The highest BCUT2D eigenvalue weighted by Gasteiger charge is 2.35.